The summed E-state index contributed by atoms with van der Waals surface area (Å²) in [5.41, 5.74) is -0.722. The number of ketones is 1. The van der Waals surface area contributed by atoms with Crippen molar-refractivity contribution < 1.29 is 23.1 Å². The Kier molecular flexibility index (Phi) is 3.14. The number of hydrogen-bond donors (Lipinski definition) is 1. The Bertz CT molecular complexity index is 377. The van der Waals surface area contributed by atoms with Crippen molar-refractivity contribution in [1.82, 2.24) is 0 Å². The molecule has 1 aromatic carbocycles. The Morgan fingerprint density at radius 3 is 2.13 bits per heavy atom. The lowest BCUT2D eigenvalue weighted by atomic mass is 10.1. The smallest absolute Gasteiger partial charge is 0.416 e. The van der Waals surface area contributed by atoms with Crippen LogP contribution >= 0.6 is 0 Å². The van der Waals surface area contributed by atoms with Crippen molar-refractivity contribution in [2.75, 3.05) is 0 Å². The van der Waals surface area contributed by atoms with Crippen LogP contribution in [0.1, 0.15) is 15.9 Å². The zero-order chi connectivity index (χ0) is 11.5. The molecule has 80 valence electrons. The second-order valence-corrected chi connectivity index (χ2v) is 2.76. The zero-order valence-electron chi connectivity index (χ0n) is 7.45. The highest BCUT2D eigenvalue weighted by molar-refractivity contribution is 6.04. The van der Waals surface area contributed by atoms with Crippen molar-refractivity contribution in [2.45, 2.75) is 6.18 Å². The van der Waals surface area contributed by atoms with E-state index in [0.717, 1.165) is 30.3 Å². The molecular weight excluding hydrogens is 209 g/mol. The van der Waals surface area contributed by atoms with Gasteiger partial charge >= 0.3 is 6.18 Å². The van der Waals surface area contributed by atoms with Crippen molar-refractivity contribution in [3.8, 4) is 0 Å². The summed E-state index contributed by atoms with van der Waals surface area (Å²) >= 11 is 0. The molecule has 0 aromatic heterocycles. The monoisotopic (exact) mass is 216 g/mol. The first-order valence-electron chi connectivity index (χ1n) is 3.97. The molecule has 0 aliphatic heterocycles. The van der Waals surface area contributed by atoms with Gasteiger partial charge in [-0.05, 0) is 12.1 Å². The van der Waals surface area contributed by atoms with E-state index in [0.29, 0.717) is 6.26 Å². The SMILES string of the molecule is O=C(C=CO)c1ccc(C(F)(F)F)cc1. The van der Waals surface area contributed by atoms with Crippen LogP contribution in [0, 0.1) is 0 Å². The van der Waals surface area contributed by atoms with Gasteiger partial charge in [-0.15, -0.1) is 0 Å². The van der Waals surface area contributed by atoms with Crippen molar-refractivity contribution in [1.29, 1.82) is 0 Å². The van der Waals surface area contributed by atoms with E-state index >= 15 is 0 Å². The summed E-state index contributed by atoms with van der Waals surface area (Å²) < 4.78 is 36.4. The minimum atomic E-state index is -4.41. The van der Waals surface area contributed by atoms with Gasteiger partial charge in [0.1, 0.15) is 0 Å². The van der Waals surface area contributed by atoms with E-state index in [1.807, 2.05) is 0 Å². The number of rotatable bonds is 2. The quantitative estimate of drug-likeness (QED) is 0.468. The van der Waals surface area contributed by atoms with Crippen LogP contribution in [-0.4, -0.2) is 10.9 Å². The van der Waals surface area contributed by atoms with Crippen LogP contribution in [0.3, 0.4) is 0 Å². The number of carbonyl (C=O) groups excluding carboxylic acids is 1. The van der Waals surface area contributed by atoms with E-state index < -0.39 is 17.5 Å². The minimum absolute atomic E-state index is 0.0910. The second kappa shape index (κ2) is 4.16. The largest absolute Gasteiger partial charge is 0.515 e. The minimum Gasteiger partial charge on any atom is -0.515 e. The average Bonchev–Trinajstić information content (AvgIpc) is 2.17. The van der Waals surface area contributed by atoms with E-state index in [1.165, 1.54) is 0 Å². The molecule has 1 N–H and O–H groups in total. The first-order valence-corrected chi connectivity index (χ1v) is 3.97. The van der Waals surface area contributed by atoms with E-state index in [-0.39, 0.29) is 5.56 Å². The third kappa shape index (κ3) is 2.83. The van der Waals surface area contributed by atoms with Crippen LogP contribution in [0.2, 0.25) is 0 Å². The van der Waals surface area contributed by atoms with E-state index in [2.05, 4.69) is 0 Å². The number of allylic oxidation sites excluding steroid dienone is 1. The fraction of sp³-hybridized carbons (Fsp3) is 0.100. The number of hydrogen-bond acceptors (Lipinski definition) is 2. The molecule has 0 fully saturated rings. The van der Waals surface area contributed by atoms with Gasteiger partial charge in [0.05, 0.1) is 11.8 Å². The molecule has 0 saturated carbocycles. The molecule has 0 amide bonds. The lowest BCUT2D eigenvalue weighted by Gasteiger charge is -2.06. The van der Waals surface area contributed by atoms with Crippen molar-refractivity contribution in [3.05, 3.63) is 47.7 Å². The number of carbonyl (C=O) groups is 1. The molecule has 0 radical (unpaired) electrons. The molecule has 0 aliphatic carbocycles. The van der Waals surface area contributed by atoms with E-state index in [1.54, 1.807) is 0 Å². The van der Waals surface area contributed by atoms with Crippen molar-refractivity contribution in [3.63, 3.8) is 0 Å². The Hall–Kier alpha value is -1.78. The second-order valence-electron chi connectivity index (χ2n) is 2.76. The molecule has 0 spiro atoms. The number of benzene rings is 1. The molecule has 0 bridgehead atoms. The number of aliphatic hydroxyl groups is 1. The molecule has 0 saturated heterocycles. The molecule has 5 heteroatoms. The van der Waals surface area contributed by atoms with Crippen LogP contribution < -0.4 is 0 Å². The van der Waals surface area contributed by atoms with Crippen molar-refractivity contribution in [2.24, 2.45) is 0 Å². The Balaban J connectivity index is 2.95. The van der Waals surface area contributed by atoms with Gasteiger partial charge in [0.2, 0.25) is 0 Å². The highest BCUT2D eigenvalue weighted by Crippen LogP contribution is 2.29. The summed E-state index contributed by atoms with van der Waals surface area (Å²) in [7, 11) is 0. The maximum absolute atomic E-state index is 12.1. The van der Waals surface area contributed by atoms with E-state index in [9.17, 15) is 18.0 Å². The highest BCUT2D eigenvalue weighted by atomic mass is 19.4. The normalized spacial score (nSPS) is 11.9. The average molecular weight is 216 g/mol. The lowest BCUT2D eigenvalue weighted by molar-refractivity contribution is -0.137. The van der Waals surface area contributed by atoms with Crippen LogP contribution in [0.25, 0.3) is 0 Å². The van der Waals surface area contributed by atoms with Gasteiger partial charge < -0.3 is 5.11 Å². The molecular formula is C10H7F3O2. The molecule has 0 atom stereocenters. The Morgan fingerprint density at radius 1 is 1.20 bits per heavy atom. The number of alkyl halides is 3. The van der Waals surface area contributed by atoms with Crippen LogP contribution in [0.5, 0.6) is 0 Å². The van der Waals surface area contributed by atoms with Crippen LogP contribution in [-0.2, 0) is 6.18 Å². The predicted molar refractivity (Wildman–Crippen MR) is 47.5 cm³/mol. The predicted octanol–water partition coefficient (Wildman–Crippen LogP) is 2.96. The third-order valence-electron chi connectivity index (χ3n) is 1.72. The molecule has 0 aliphatic rings. The molecule has 15 heavy (non-hydrogen) atoms. The summed E-state index contributed by atoms with van der Waals surface area (Å²) in [6, 6.07) is 3.76. The van der Waals surface area contributed by atoms with Crippen LogP contribution in [0.4, 0.5) is 13.2 Å². The number of aliphatic hydroxyl groups excluding tert-OH is 1. The molecule has 1 aromatic rings. The first-order chi connectivity index (χ1) is 6.95. The first kappa shape index (κ1) is 11.3. The van der Waals surface area contributed by atoms with Gasteiger partial charge in [0.25, 0.3) is 0 Å². The third-order valence-corrected chi connectivity index (χ3v) is 1.72. The Morgan fingerprint density at radius 2 is 1.73 bits per heavy atom. The molecule has 2 nitrogen and oxygen atoms in total. The summed E-state index contributed by atoms with van der Waals surface area (Å²) in [6.45, 7) is 0. The fourth-order valence-corrected chi connectivity index (χ4v) is 0.987. The standard InChI is InChI=1S/C10H7F3O2/c11-10(12,13)8-3-1-7(2-4-8)9(15)5-6-14/h1-6,14H. The lowest BCUT2D eigenvalue weighted by Crippen LogP contribution is -2.05. The van der Waals surface area contributed by atoms with Gasteiger partial charge in [0, 0.05) is 11.6 Å². The summed E-state index contributed by atoms with van der Waals surface area (Å²) in [4.78, 5) is 11.1. The van der Waals surface area contributed by atoms with Gasteiger partial charge in [0.15, 0.2) is 5.78 Å². The zero-order valence-corrected chi connectivity index (χ0v) is 7.45. The maximum Gasteiger partial charge on any atom is 0.416 e. The topological polar surface area (TPSA) is 37.3 Å². The Labute approximate surface area is 83.7 Å². The molecule has 0 heterocycles. The maximum atomic E-state index is 12.1. The van der Waals surface area contributed by atoms with E-state index in [4.69, 9.17) is 5.11 Å². The van der Waals surface area contributed by atoms with Gasteiger partial charge in [-0.1, -0.05) is 12.1 Å². The summed E-state index contributed by atoms with van der Waals surface area (Å²) in [5, 5.41) is 8.30. The summed E-state index contributed by atoms with van der Waals surface area (Å²) in [6.07, 6.45) is -3.00. The van der Waals surface area contributed by atoms with Crippen LogP contribution in [0.15, 0.2) is 36.6 Å². The molecule has 1 rings (SSSR count). The van der Waals surface area contributed by atoms with Crippen molar-refractivity contribution >= 4 is 5.78 Å². The van der Waals surface area contributed by atoms with Gasteiger partial charge in [-0.25, -0.2) is 0 Å². The highest BCUT2D eigenvalue weighted by Gasteiger charge is 2.30. The number of halogens is 3. The van der Waals surface area contributed by atoms with Gasteiger partial charge in [-0.2, -0.15) is 13.2 Å². The summed E-state index contributed by atoms with van der Waals surface area (Å²) in [5.74, 6) is -0.550. The van der Waals surface area contributed by atoms with Gasteiger partial charge in [-0.3, -0.25) is 4.79 Å². The molecule has 0 unspecified atom stereocenters. The fourth-order valence-electron chi connectivity index (χ4n) is 0.987.